The molecule has 23 heavy (non-hydrogen) atoms. The van der Waals surface area contributed by atoms with E-state index in [0.717, 1.165) is 12.5 Å². The Morgan fingerprint density at radius 3 is 2.48 bits per heavy atom. The van der Waals surface area contributed by atoms with E-state index >= 15 is 0 Å². The van der Waals surface area contributed by atoms with Crippen LogP contribution in [0.3, 0.4) is 0 Å². The molecule has 1 unspecified atom stereocenters. The maximum atomic E-state index is 11.2. The molecule has 2 N–H and O–H groups in total. The van der Waals surface area contributed by atoms with E-state index in [1.165, 1.54) is 24.7 Å². The number of nitrogens with zero attached hydrogens (tertiary/aromatic N) is 1. The summed E-state index contributed by atoms with van der Waals surface area (Å²) in [7, 11) is -1.19. The standard InChI is InChI=1S/C17H27N3O2S/c1-14(9-12-23(3,21)22)20-16(18-2)19-13-17(10-11-17)15-7-5-4-6-8-15/h4-8,14H,9-13H2,1-3H3,(H2,18,19,20). The molecule has 0 spiro atoms. The summed E-state index contributed by atoms with van der Waals surface area (Å²) in [5.41, 5.74) is 1.59. The van der Waals surface area contributed by atoms with Crippen molar-refractivity contribution in [3.05, 3.63) is 35.9 Å². The second-order valence-corrected chi connectivity index (χ2v) is 8.80. The molecule has 1 aromatic carbocycles. The lowest BCUT2D eigenvalue weighted by atomic mass is 9.96. The van der Waals surface area contributed by atoms with E-state index in [0.29, 0.717) is 6.42 Å². The first-order chi connectivity index (χ1) is 10.8. The molecule has 128 valence electrons. The van der Waals surface area contributed by atoms with Gasteiger partial charge in [-0.15, -0.1) is 0 Å². The van der Waals surface area contributed by atoms with Crippen LogP contribution in [0, 0.1) is 0 Å². The summed E-state index contributed by atoms with van der Waals surface area (Å²) in [5.74, 6) is 0.916. The molecule has 0 radical (unpaired) electrons. The SMILES string of the molecule is CN=C(NCC1(c2ccccc2)CC1)NC(C)CCS(C)(=O)=O. The third kappa shape index (κ3) is 5.53. The van der Waals surface area contributed by atoms with Crippen molar-refractivity contribution in [2.75, 3.05) is 25.6 Å². The fourth-order valence-corrected chi connectivity index (χ4v) is 3.44. The maximum absolute atomic E-state index is 11.2. The van der Waals surface area contributed by atoms with E-state index in [9.17, 15) is 8.42 Å². The van der Waals surface area contributed by atoms with Gasteiger partial charge in [0.05, 0.1) is 5.75 Å². The van der Waals surface area contributed by atoms with Crippen LogP contribution in [0.5, 0.6) is 0 Å². The van der Waals surface area contributed by atoms with Gasteiger partial charge in [-0.25, -0.2) is 8.42 Å². The summed E-state index contributed by atoms with van der Waals surface area (Å²) in [4.78, 5) is 4.24. The minimum atomic E-state index is -2.92. The number of hydrogen-bond donors (Lipinski definition) is 2. The molecule has 1 aliphatic carbocycles. The lowest BCUT2D eigenvalue weighted by Gasteiger charge is -2.21. The van der Waals surface area contributed by atoms with Crippen LogP contribution in [-0.2, 0) is 15.3 Å². The molecule has 1 aromatic rings. The van der Waals surface area contributed by atoms with E-state index < -0.39 is 9.84 Å². The number of sulfone groups is 1. The fourth-order valence-electron chi connectivity index (χ4n) is 2.65. The highest BCUT2D eigenvalue weighted by atomic mass is 32.2. The highest BCUT2D eigenvalue weighted by Gasteiger charge is 2.44. The smallest absolute Gasteiger partial charge is 0.191 e. The first kappa shape index (κ1) is 17.8. The summed E-state index contributed by atoms with van der Waals surface area (Å²) in [5, 5.41) is 6.65. The van der Waals surface area contributed by atoms with Gasteiger partial charge in [-0.2, -0.15) is 0 Å². The minimum Gasteiger partial charge on any atom is -0.356 e. The molecule has 0 aliphatic heterocycles. The van der Waals surface area contributed by atoms with Crippen molar-refractivity contribution < 1.29 is 8.42 Å². The lowest BCUT2D eigenvalue weighted by molar-refractivity contribution is 0.576. The molecule has 1 saturated carbocycles. The second-order valence-electron chi connectivity index (χ2n) is 6.54. The van der Waals surface area contributed by atoms with Gasteiger partial charge in [0.15, 0.2) is 5.96 Å². The summed E-state index contributed by atoms with van der Waals surface area (Å²) < 4.78 is 22.5. The van der Waals surface area contributed by atoms with Gasteiger partial charge < -0.3 is 10.6 Å². The van der Waals surface area contributed by atoms with Crippen molar-refractivity contribution in [1.82, 2.24) is 10.6 Å². The topological polar surface area (TPSA) is 70.6 Å². The number of nitrogens with one attached hydrogen (secondary N) is 2. The Bertz CT molecular complexity index is 637. The zero-order chi connectivity index (χ0) is 16.9. The fraction of sp³-hybridized carbons (Fsp3) is 0.588. The number of guanidine groups is 1. The molecule has 0 aromatic heterocycles. The minimum absolute atomic E-state index is 0.0582. The summed E-state index contributed by atoms with van der Waals surface area (Å²) in [6.07, 6.45) is 4.21. The van der Waals surface area contributed by atoms with Crippen LogP contribution in [0.1, 0.15) is 31.7 Å². The van der Waals surface area contributed by atoms with Gasteiger partial charge in [-0.05, 0) is 31.7 Å². The van der Waals surface area contributed by atoms with Gasteiger partial charge >= 0.3 is 0 Å². The normalized spacial score (nSPS) is 18.3. The molecule has 1 aliphatic rings. The molecule has 5 nitrogen and oxygen atoms in total. The second kappa shape index (κ2) is 7.34. The molecule has 1 atom stereocenters. The van der Waals surface area contributed by atoms with Gasteiger partial charge in [0, 0.05) is 31.3 Å². The van der Waals surface area contributed by atoms with Crippen molar-refractivity contribution in [3.63, 3.8) is 0 Å². The van der Waals surface area contributed by atoms with E-state index in [4.69, 9.17) is 0 Å². The molecular weight excluding hydrogens is 310 g/mol. The number of rotatable bonds is 7. The molecule has 0 saturated heterocycles. The summed E-state index contributed by atoms with van der Waals surface area (Å²) >= 11 is 0. The largest absolute Gasteiger partial charge is 0.356 e. The third-order valence-electron chi connectivity index (χ3n) is 4.36. The van der Waals surface area contributed by atoms with Crippen LogP contribution in [0.15, 0.2) is 35.3 Å². The summed E-state index contributed by atoms with van der Waals surface area (Å²) in [6, 6.07) is 10.6. The first-order valence-corrected chi connectivity index (χ1v) is 10.1. The average Bonchev–Trinajstić information content (AvgIpc) is 3.31. The first-order valence-electron chi connectivity index (χ1n) is 8.05. The van der Waals surface area contributed by atoms with Crippen molar-refractivity contribution in [3.8, 4) is 0 Å². The number of benzene rings is 1. The van der Waals surface area contributed by atoms with Gasteiger partial charge in [0.1, 0.15) is 9.84 Å². The van der Waals surface area contributed by atoms with Crippen molar-refractivity contribution >= 4 is 15.8 Å². The van der Waals surface area contributed by atoms with Crippen LogP contribution in [0.25, 0.3) is 0 Å². The van der Waals surface area contributed by atoms with Crippen LogP contribution < -0.4 is 10.6 Å². The Morgan fingerprint density at radius 1 is 1.30 bits per heavy atom. The Morgan fingerprint density at radius 2 is 1.96 bits per heavy atom. The van der Waals surface area contributed by atoms with E-state index in [2.05, 4.69) is 39.9 Å². The highest BCUT2D eigenvalue weighted by molar-refractivity contribution is 7.90. The van der Waals surface area contributed by atoms with E-state index in [1.54, 1.807) is 7.05 Å². The van der Waals surface area contributed by atoms with E-state index in [1.807, 2.05) is 13.0 Å². The van der Waals surface area contributed by atoms with Crippen LogP contribution >= 0.6 is 0 Å². The molecule has 0 amide bonds. The number of hydrogen-bond acceptors (Lipinski definition) is 3. The third-order valence-corrected chi connectivity index (χ3v) is 5.34. The average molecular weight is 337 g/mol. The Hall–Kier alpha value is -1.56. The van der Waals surface area contributed by atoms with Crippen molar-refractivity contribution in [2.24, 2.45) is 4.99 Å². The van der Waals surface area contributed by atoms with E-state index in [-0.39, 0.29) is 17.2 Å². The predicted octanol–water partition coefficient (Wildman–Crippen LogP) is 1.71. The Balaban J connectivity index is 1.84. The maximum Gasteiger partial charge on any atom is 0.191 e. The van der Waals surface area contributed by atoms with Crippen LogP contribution in [-0.4, -0.2) is 46.0 Å². The van der Waals surface area contributed by atoms with Gasteiger partial charge in [0.2, 0.25) is 0 Å². The zero-order valence-electron chi connectivity index (χ0n) is 14.2. The van der Waals surface area contributed by atoms with Crippen LogP contribution in [0.2, 0.25) is 0 Å². The molecule has 2 rings (SSSR count). The molecule has 0 heterocycles. The van der Waals surface area contributed by atoms with Gasteiger partial charge in [-0.3, -0.25) is 4.99 Å². The number of aliphatic imine (C=N–C) groups is 1. The highest BCUT2D eigenvalue weighted by Crippen LogP contribution is 2.47. The van der Waals surface area contributed by atoms with Gasteiger partial charge in [-0.1, -0.05) is 30.3 Å². The summed E-state index contributed by atoms with van der Waals surface area (Å²) in [6.45, 7) is 2.82. The van der Waals surface area contributed by atoms with Crippen molar-refractivity contribution in [2.45, 2.75) is 37.6 Å². The predicted molar refractivity (Wildman–Crippen MR) is 95.6 cm³/mol. The molecular formula is C17H27N3O2S. The van der Waals surface area contributed by atoms with Gasteiger partial charge in [0.25, 0.3) is 0 Å². The molecule has 6 heteroatoms. The monoisotopic (exact) mass is 337 g/mol. The molecule has 0 bridgehead atoms. The van der Waals surface area contributed by atoms with Crippen LogP contribution in [0.4, 0.5) is 0 Å². The zero-order valence-corrected chi connectivity index (χ0v) is 15.0. The molecule has 1 fully saturated rings. The quantitative estimate of drug-likeness (QED) is 0.587. The Labute approximate surface area is 139 Å². The van der Waals surface area contributed by atoms with Crippen molar-refractivity contribution in [1.29, 1.82) is 0 Å². The Kier molecular flexibility index (Phi) is 5.68. The lowest BCUT2D eigenvalue weighted by Crippen LogP contribution is -2.45.